The number of aliphatic hydroxyl groups is 1. The second-order valence-electron chi connectivity index (χ2n) is 4.57. The molecule has 1 aliphatic carbocycles. The number of aliphatic hydroxyl groups excluding tert-OH is 1. The fraction of sp³-hybridized carbons (Fsp3) is 0.667. The van der Waals surface area contributed by atoms with E-state index in [9.17, 15) is 5.11 Å². The SMILES string of the molecule is Cc1sc(C(O)C2CCCC2C)cc1Br. The molecule has 1 N–H and O–H groups in total. The van der Waals surface area contributed by atoms with E-state index in [0.29, 0.717) is 11.8 Å². The van der Waals surface area contributed by atoms with Crippen molar-refractivity contribution < 1.29 is 5.11 Å². The highest BCUT2D eigenvalue weighted by atomic mass is 79.9. The third-order valence-corrected chi connectivity index (χ3v) is 5.71. The van der Waals surface area contributed by atoms with E-state index in [0.717, 1.165) is 9.35 Å². The molecule has 1 fully saturated rings. The molecular formula is C12H17BrOS. The number of hydrogen-bond acceptors (Lipinski definition) is 2. The molecule has 3 heteroatoms. The highest BCUT2D eigenvalue weighted by Crippen LogP contribution is 2.42. The van der Waals surface area contributed by atoms with Crippen molar-refractivity contribution in [3.05, 3.63) is 20.3 Å². The Bertz CT molecular complexity index is 328. The summed E-state index contributed by atoms with van der Waals surface area (Å²) in [5, 5.41) is 10.3. The Hall–Kier alpha value is 0.140. The van der Waals surface area contributed by atoms with Crippen LogP contribution in [0.25, 0.3) is 0 Å². The summed E-state index contributed by atoms with van der Waals surface area (Å²) in [6.07, 6.45) is 3.47. The van der Waals surface area contributed by atoms with Crippen molar-refractivity contribution in [1.29, 1.82) is 0 Å². The fourth-order valence-electron chi connectivity index (χ4n) is 2.48. The molecule has 0 saturated heterocycles. The second-order valence-corrected chi connectivity index (χ2v) is 6.71. The van der Waals surface area contributed by atoms with Gasteiger partial charge in [-0.15, -0.1) is 11.3 Å². The maximum Gasteiger partial charge on any atom is 0.0913 e. The predicted molar refractivity (Wildman–Crippen MR) is 68.2 cm³/mol. The van der Waals surface area contributed by atoms with Crippen molar-refractivity contribution in [3.63, 3.8) is 0 Å². The van der Waals surface area contributed by atoms with E-state index in [2.05, 4.69) is 35.8 Å². The van der Waals surface area contributed by atoms with E-state index in [1.807, 2.05) is 0 Å². The van der Waals surface area contributed by atoms with Gasteiger partial charge in [0.1, 0.15) is 0 Å². The average molecular weight is 289 g/mol. The lowest BCUT2D eigenvalue weighted by Gasteiger charge is -2.20. The van der Waals surface area contributed by atoms with Crippen molar-refractivity contribution in [2.24, 2.45) is 11.8 Å². The molecule has 1 aromatic rings. The van der Waals surface area contributed by atoms with Crippen molar-refractivity contribution >= 4 is 27.3 Å². The van der Waals surface area contributed by atoms with Gasteiger partial charge in [0.25, 0.3) is 0 Å². The van der Waals surface area contributed by atoms with Crippen LogP contribution in [-0.4, -0.2) is 5.11 Å². The third-order valence-electron chi connectivity index (χ3n) is 3.50. The first-order valence-electron chi connectivity index (χ1n) is 5.53. The van der Waals surface area contributed by atoms with Gasteiger partial charge in [-0.3, -0.25) is 0 Å². The van der Waals surface area contributed by atoms with Crippen molar-refractivity contribution in [2.75, 3.05) is 0 Å². The zero-order valence-electron chi connectivity index (χ0n) is 9.16. The Morgan fingerprint density at radius 1 is 1.53 bits per heavy atom. The van der Waals surface area contributed by atoms with E-state index in [-0.39, 0.29) is 6.10 Å². The highest BCUT2D eigenvalue weighted by Gasteiger charge is 2.31. The first-order chi connectivity index (χ1) is 7.09. The minimum absolute atomic E-state index is 0.252. The Kier molecular flexibility index (Phi) is 3.53. The Morgan fingerprint density at radius 3 is 2.73 bits per heavy atom. The van der Waals surface area contributed by atoms with Gasteiger partial charge < -0.3 is 5.11 Å². The molecule has 3 atom stereocenters. The quantitative estimate of drug-likeness (QED) is 0.861. The van der Waals surface area contributed by atoms with Crippen LogP contribution < -0.4 is 0 Å². The van der Waals surface area contributed by atoms with Crippen LogP contribution in [0.1, 0.15) is 42.0 Å². The summed E-state index contributed by atoms with van der Waals surface area (Å²) in [6.45, 7) is 4.35. The monoisotopic (exact) mass is 288 g/mol. The average Bonchev–Trinajstić information content (AvgIpc) is 2.74. The Labute approximate surface area is 104 Å². The molecule has 0 bridgehead atoms. The summed E-state index contributed by atoms with van der Waals surface area (Å²) in [5.41, 5.74) is 0. The van der Waals surface area contributed by atoms with Crippen LogP contribution >= 0.6 is 27.3 Å². The van der Waals surface area contributed by atoms with Crippen LogP contribution in [0.3, 0.4) is 0 Å². The Morgan fingerprint density at radius 2 is 2.27 bits per heavy atom. The molecule has 0 radical (unpaired) electrons. The molecule has 1 nitrogen and oxygen atoms in total. The zero-order valence-corrected chi connectivity index (χ0v) is 11.6. The first-order valence-corrected chi connectivity index (χ1v) is 7.14. The van der Waals surface area contributed by atoms with E-state index in [1.165, 1.54) is 24.1 Å². The molecular weight excluding hydrogens is 272 g/mol. The molecule has 2 rings (SSSR count). The standard InChI is InChI=1S/C12H17BrOS/c1-7-4-3-5-9(7)12(14)11-6-10(13)8(2)15-11/h6-7,9,12,14H,3-5H2,1-2H3. The Balaban J connectivity index is 2.16. The summed E-state index contributed by atoms with van der Waals surface area (Å²) < 4.78 is 1.13. The number of hydrogen-bond donors (Lipinski definition) is 1. The lowest BCUT2D eigenvalue weighted by atomic mass is 9.91. The molecule has 1 heterocycles. The van der Waals surface area contributed by atoms with Gasteiger partial charge in [0, 0.05) is 14.2 Å². The van der Waals surface area contributed by atoms with Crippen molar-refractivity contribution in [1.82, 2.24) is 0 Å². The van der Waals surface area contributed by atoms with Gasteiger partial charge in [-0.1, -0.05) is 19.8 Å². The summed E-state index contributed by atoms with van der Waals surface area (Å²) in [6, 6.07) is 2.08. The zero-order chi connectivity index (χ0) is 11.0. The van der Waals surface area contributed by atoms with Gasteiger partial charge in [-0.25, -0.2) is 0 Å². The molecule has 1 aliphatic rings. The largest absolute Gasteiger partial charge is 0.387 e. The lowest BCUT2D eigenvalue weighted by Crippen LogP contribution is -2.13. The normalized spacial score (nSPS) is 28.3. The van der Waals surface area contributed by atoms with Crippen molar-refractivity contribution in [2.45, 2.75) is 39.2 Å². The summed E-state index contributed by atoms with van der Waals surface area (Å²) in [4.78, 5) is 2.38. The second kappa shape index (κ2) is 4.56. The van der Waals surface area contributed by atoms with Crippen LogP contribution in [0, 0.1) is 18.8 Å². The minimum atomic E-state index is -0.252. The van der Waals surface area contributed by atoms with E-state index >= 15 is 0 Å². The van der Waals surface area contributed by atoms with Crippen LogP contribution in [0.15, 0.2) is 10.5 Å². The minimum Gasteiger partial charge on any atom is -0.387 e. The number of halogens is 1. The highest BCUT2D eigenvalue weighted by molar-refractivity contribution is 9.10. The van der Waals surface area contributed by atoms with E-state index in [1.54, 1.807) is 11.3 Å². The van der Waals surface area contributed by atoms with Gasteiger partial charge in [-0.05, 0) is 47.2 Å². The molecule has 3 unspecified atom stereocenters. The summed E-state index contributed by atoms with van der Waals surface area (Å²) in [7, 11) is 0. The molecule has 0 aliphatic heterocycles. The van der Waals surface area contributed by atoms with Crippen LogP contribution in [0.5, 0.6) is 0 Å². The van der Waals surface area contributed by atoms with Gasteiger partial charge in [0.05, 0.1) is 6.10 Å². The van der Waals surface area contributed by atoms with Gasteiger partial charge in [0.15, 0.2) is 0 Å². The van der Waals surface area contributed by atoms with E-state index in [4.69, 9.17) is 0 Å². The molecule has 0 aromatic carbocycles. The number of rotatable bonds is 2. The van der Waals surface area contributed by atoms with Crippen molar-refractivity contribution in [3.8, 4) is 0 Å². The van der Waals surface area contributed by atoms with Crippen LogP contribution in [-0.2, 0) is 0 Å². The topological polar surface area (TPSA) is 20.2 Å². The smallest absolute Gasteiger partial charge is 0.0913 e. The van der Waals surface area contributed by atoms with Gasteiger partial charge >= 0.3 is 0 Å². The number of thiophene rings is 1. The lowest BCUT2D eigenvalue weighted by molar-refractivity contribution is 0.0932. The first kappa shape index (κ1) is 11.6. The molecule has 15 heavy (non-hydrogen) atoms. The summed E-state index contributed by atoms with van der Waals surface area (Å²) in [5.74, 6) is 1.14. The van der Waals surface area contributed by atoms with E-state index < -0.39 is 0 Å². The van der Waals surface area contributed by atoms with Crippen LogP contribution in [0.2, 0.25) is 0 Å². The molecule has 1 saturated carbocycles. The molecule has 84 valence electrons. The van der Waals surface area contributed by atoms with Gasteiger partial charge in [0.2, 0.25) is 0 Å². The predicted octanol–water partition coefficient (Wildman–Crippen LogP) is 4.29. The van der Waals surface area contributed by atoms with Crippen LogP contribution in [0.4, 0.5) is 0 Å². The third kappa shape index (κ3) is 2.29. The molecule has 0 spiro atoms. The number of aryl methyl sites for hydroxylation is 1. The maximum absolute atomic E-state index is 10.3. The fourth-order valence-corrected chi connectivity index (χ4v) is 4.10. The summed E-state index contributed by atoms with van der Waals surface area (Å²) >= 11 is 5.22. The molecule has 1 aromatic heterocycles. The molecule has 0 amide bonds. The van der Waals surface area contributed by atoms with Gasteiger partial charge in [-0.2, -0.15) is 0 Å². The maximum atomic E-state index is 10.3.